The molecule has 0 bridgehead atoms. The number of anilines is 1. The van der Waals surface area contributed by atoms with E-state index in [1.807, 2.05) is 0 Å². The lowest BCUT2D eigenvalue weighted by molar-refractivity contribution is 0.101. The van der Waals surface area contributed by atoms with Crippen LogP contribution in [0, 0.1) is 0 Å². The van der Waals surface area contributed by atoms with Gasteiger partial charge in [-0.15, -0.1) is 12.4 Å². The summed E-state index contributed by atoms with van der Waals surface area (Å²) in [5.74, 6) is 0.639. The largest absolute Gasteiger partial charge is 0.493 e. The molecule has 0 aliphatic heterocycles. The third-order valence-electron chi connectivity index (χ3n) is 3.14. The van der Waals surface area contributed by atoms with E-state index in [1.165, 1.54) is 39.0 Å². The smallest absolute Gasteiger partial charge is 0.163 e. The van der Waals surface area contributed by atoms with Crippen LogP contribution in [0.15, 0.2) is 18.2 Å². The van der Waals surface area contributed by atoms with Crippen molar-refractivity contribution in [1.82, 2.24) is 0 Å². The summed E-state index contributed by atoms with van der Waals surface area (Å²) < 4.78 is 5.68. The van der Waals surface area contributed by atoms with Crippen molar-refractivity contribution in [2.24, 2.45) is 0 Å². The molecule has 20 heavy (non-hydrogen) atoms. The van der Waals surface area contributed by atoms with Crippen molar-refractivity contribution in [3.63, 3.8) is 0 Å². The number of Topliss-reactive ketones (excluding diaryl/α,β-unsaturated/α-hetero) is 1. The van der Waals surface area contributed by atoms with Crippen molar-refractivity contribution in [2.75, 3.05) is 12.3 Å². The zero-order valence-electron chi connectivity index (χ0n) is 12.5. The van der Waals surface area contributed by atoms with Gasteiger partial charge in [-0.2, -0.15) is 0 Å². The number of benzene rings is 1. The lowest BCUT2D eigenvalue weighted by atomic mass is 10.1. The van der Waals surface area contributed by atoms with Gasteiger partial charge < -0.3 is 10.5 Å². The quantitative estimate of drug-likeness (QED) is 0.411. The van der Waals surface area contributed by atoms with Crippen LogP contribution in [0.1, 0.15) is 62.7 Å². The van der Waals surface area contributed by atoms with E-state index in [2.05, 4.69) is 6.92 Å². The zero-order valence-corrected chi connectivity index (χ0v) is 13.3. The second-order valence-corrected chi connectivity index (χ2v) is 4.93. The Labute approximate surface area is 128 Å². The Bertz CT molecular complexity index is 407. The monoisotopic (exact) mass is 299 g/mol. The fraction of sp³-hybridized carbons (Fsp3) is 0.562. The fourth-order valence-corrected chi connectivity index (χ4v) is 2.01. The summed E-state index contributed by atoms with van der Waals surface area (Å²) >= 11 is 0. The van der Waals surface area contributed by atoms with Crippen LogP contribution in [-0.4, -0.2) is 12.4 Å². The summed E-state index contributed by atoms with van der Waals surface area (Å²) in [6.45, 7) is 4.41. The highest BCUT2D eigenvalue weighted by molar-refractivity contribution is 5.97. The van der Waals surface area contributed by atoms with E-state index in [0.29, 0.717) is 23.6 Å². The first-order valence-electron chi connectivity index (χ1n) is 7.18. The summed E-state index contributed by atoms with van der Waals surface area (Å²) in [5.41, 5.74) is 6.85. The molecule has 2 N–H and O–H groups in total. The van der Waals surface area contributed by atoms with Crippen molar-refractivity contribution < 1.29 is 9.53 Å². The maximum atomic E-state index is 11.5. The van der Waals surface area contributed by atoms with Gasteiger partial charge in [0.2, 0.25) is 0 Å². The molecule has 0 aliphatic rings. The molecule has 1 rings (SSSR count). The lowest BCUT2D eigenvalue weighted by Crippen LogP contribution is -2.04. The van der Waals surface area contributed by atoms with Crippen LogP contribution < -0.4 is 10.5 Å². The van der Waals surface area contributed by atoms with Gasteiger partial charge in [0.1, 0.15) is 5.75 Å². The minimum atomic E-state index is -0.00903. The number of hydrogen-bond donors (Lipinski definition) is 1. The van der Waals surface area contributed by atoms with E-state index in [-0.39, 0.29) is 18.2 Å². The summed E-state index contributed by atoms with van der Waals surface area (Å²) in [5, 5.41) is 0. The molecule has 0 atom stereocenters. The molecule has 0 radical (unpaired) electrons. The van der Waals surface area contributed by atoms with E-state index in [1.54, 1.807) is 18.2 Å². The van der Waals surface area contributed by atoms with E-state index in [0.717, 1.165) is 6.42 Å². The molecule has 0 saturated carbocycles. The third kappa shape index (κ3) is 6.80. The van der Waals surface area contributed by atoms with Crippen LogP contribution in [0.2, 0.25) is 0 Å². The number of rotatable bonds is 9. The van der Waals surface area contributed by atoms with Crippen LogP contribution in [0.5, 0.6) is 5.75 Å². The number of carbonyl (C=O) groups is 1. The summed E-state index contributed by atoms with van der Waals surface area (Å²) in [7, 11) is 0. The molecule has 0 amide bonds. The molecule has 3 nitrogen and oxygen atoms in total. The number of ether oxygens (including phenoxy) is 1. The molecule has 0 fully saturated rings. The molecule has 0 aliphatic carbocycles. The second-order valence-electron chi connectivity index (χ2n) is 4.93. The van der Waals surface area contributed by atoms with Gasteiger partial charge in [-0.1, -0.05) is 39.0 Å². The van der Waals surface area contributed by atoms with Gasteiger partial charge in [0.15, 0.2) is 5.78 Å². The predicted molar refractivity (Wildman–Crippen MR) is 87.0 cm³/mol. The number of halogens is 1. The van der Waals surface area contributed by atoms with Crippen LogP contribution in [0.25, 0.3) is 0 Å². The maximum Gasteiger partial charge on any atom is 0.163 e. The maximum absolute atomic E-state index is 11.5. The van der Waals surface area contributed by atoms with Gasteiger partial charge in [0.05, 0.1) is 12.2 Å². The highest BCUT2D eigenvalue weighted by Crippen LogP contribution is 2.22. The first kappa shape index (κ1) is 18.8. The number of nitrogens with two attached hydrogens (primary N) is 1. The van der Waals surface area contributed by atoms with Crippen molar-refractivity contribution in [3.8, 4) is 5.75 Å². The van der Waals surface area contributed by atoms with Crippen LogP contribution in [0.4, 0.5) is 5.69 Å². The van der Waals surface area contributed by atoms with Gasteiger partial charge >= 0.3 is 0 Å². The molecule has 114 valence electrons. The van der Waals surface area contributed by atoms with Crippen molar-refractivity contribution in [2.45, 2.75) is 52.4 Å². The summed E-state index contributed by atoms with van der Waals surface area (Å²) in [6, 6.07) is 5.23. The number of nitrogen functional groups attached to an aromatic ring is 1. The number of ketones is 1. The molecule has 0 unspecified atom stereocenters. The molecule has 0 heterocycles. The molecule has 1 aromatic carbocycles. The van der Waals surface area contributed by atoms with E-state index in [9.17, 15) is 4.79 Å². The van der Waals surface area contributed by atoms with Gasteiger partial charge in [-0.3, -0.25) is 4.79 Å². The Morgan fingerprint density at radius 1 is 1.15 bits per heavy atom. The first-order valence-corrected chi connectivity index (χ1v) is 7.18. The number of unbranched alkanes of at least 4 members (excludes halogenated alkanes) is 5. The molecule has 0 aromatic heterocycles. The zero-order chi connectivity index (χ0) is 14.1. The molecular weight excluding hydrogens is 274 g/mol. The predicted octanol–water partition coefficient (Wildman–Crippen LogP) is 4.63. The SMILES string of the molecule is CCCCCCCCOc1ccc(N)cc1C(C)=O.Cl. The van der Waals surface area contributed by atoms with E-state index >= 15 is 0 Å². The highest BCUT2D eigenvalue weighted by atomic mass is 35.5. The number of carbonyl (C=O) groups excluding carboxylic acids is 1. The standard InChI is InChI=1S/C16H25NO2.ClH/c1-3-4-5-6-7-8-11-19-16-10-9-14(17)12-15(16)13(2)18;/h9-10,12H,3-8,11,17H2,1-2H3;1H. The van der Waals surface area contributed by atoms with E-state index < -0.39 is 0 Å². The third-order valence-corrected chi connectivity index (χ3v) is 3.14. The van der Waals surface area contributed by atoms with Gasteiger partial charge in [-0.25, -0.2) is 0 Å². The molecule has 4 heteroatoms. The van der Waals surface area contributed by atoms with E-state index in [4.69, 9.17) is 10.5 Å². The van der Waals surface area contributed by atoms with Crippen LogP contribution >= 0.6 is 12.4 Å². The van der Waals surface area contributed by atoms with Crippen molar-refractivity contribution in [3.05, 3.63) is 23.8 Å². The minimum absolute atomic E-state index is 0. The Morgan fingerprint density at radius 2 is 1.80 bits per heavy atom. The number of hydrogen-bond acceptors (Lipinski definition) is 3. The Kier molecular flexibility index (Phi) is 9.91. The van der Waals surface area contributed by atoms with Gasteiger partial charge in [0, 0.05) is 5.69 Å². The summed E-state index contributed by atoms with van der Waals surface area (Å²) in [6.07, 6.45) is 7.36. The Hall–Kier alpha value is -1.22. The average Bonchev–Trinajstić information content (AvgIpc) is 2.39. The summed E-state index contributed by atoms with van der Waals surface area (Å²) in [4.78, 5) is 11.5. The van der Waals surface area contributed by atoms with Crippen LogP contribution in [0.3, 0.4) is 0 Å². The van der Waals surface area contributed by atoms with Gasteiger partial charge in [0.25, 0.3) is 0 Å². The normalized spacial score (nSPS) is 9.90. The lowest BCUT2D eigenvalue weighted by Gasteiger charge is -2.10. The minimum Gasteiger partial charge on any atom is -0.493 e. The highest BCUT2D eigenvalue weighted by Gasteiger charge is 2.08. The second kappa shape index (κ2) is 10.6. The molecule has 1 aromatic rings. The Morgan fingerprint density at radius 3 is 2.45 bits per heavy atom. The first-order chi connectivity index (χ1) is 9.15. The molecule has 0 spiro atoms. The van der Waals surface area contributed by atoms with Crippen molar-refractivity contribution >= 4 is 23.9 Å². The topological polar surface area (TPSA) is 52.3 Å². The van der Waals surface area contributed by atoms with Gasteiger partial charge in [-0.05, 0) is 31.5 Å². The van der Waals surface area contributed by atoms with Crippen molar-refractivity contribution in [1.29, 1.82) is 0 Å². The average molecular weight is 300 g/mol. The van der Waals surface area contributed by atoms with Crippen LogP contribution in [-0.2, 0) is 0 Å². The molecular formula is C16H26ClNO2. The Balaban J connectivity index is 0.00000361. The fourth-order valence-electron chi connectivity index (χ4n) is 2.01. The molecule has 0 saturated heterocycles.